The third-order valence-corrected chi connectivity index (χ3v) is 4.74. The molecule has 1 atom stereocenters. The molecule has 4 heteroatoms. The number of carbonyl (C=O) groups is 1. The lowest BCUT2D eigenvalue weighted by Crippen LogP contribution is -2.33. The van der Waals surface area contributed by atoms with E-state index in [2.05, 4.69) is 24.5 Å². The van der Waals surface area contributed by atoms with Gasteiger partial charge in [0.25, 0.3) is 5.91 Å². The van der Waals surface area contributed by atoms with Crippen molar-refractivity contribution in [3.63, 3.8) is 0 Å². The number of carbonyl (C=O) groups excluding carboxylic acids is 1. The van der Waals surface area contributed by atoms with Gasteiger partial charge in [-0.3, -0.25) is 4.79 Å². The third kappa shape index (κ3) is 5.71. The smallest absolute Gasteiger partial charge is 0.251 e. The summed E-state index contributed by atoms with van der Waals surface area (Å²) in [6, 6.07) is 7.90. The molecule has 1 aromatic rings. The molecule has 1 amide bonds. The second-order valence-electron chi connectivity index (χ2n) is 5.95. The summed E-state index contributed by atoms with van der Waals surface area (Å²) in [4.78, 5) is 13.3. The Morgan fingerprint density at radius 1 is 1.38 bits per heavy atom. The first-order valence-electron chi connectivity index (χ1n) is 7.91. The minimum absolute atomic E-state index is 0.0415. The summed E-state index contributed by atoms with van der Waals surface area (Å²) in [5, 5.41) is 7.01. The highest BCUT2D eigenvalue weighted by Gasteiger charge is 2.13. The summed E-state index contributed by atoms with van der Waals surface area (Å²) in [5.41, 5.74) is 0.755. The van der Waals surface area contributed by atoms with Crippen molar-refractivity contribution < 1.29 is 4.79 Å². The quantitative estimate of drug-likeness (QED) is 0.792. The molecule has 0 bridgehead atoms. The lowest BCUT2D eigenvalue weighted by atomic mass is 9.96. The molecule has 1 saturated heterocycles. The molecular formula is C17H26N2OS. The van der Waals surface area contributed by atoms with Crippen LogP contribution in [0, 0.1) is 5.92 Å². The largest absolute Gasteiger partial charge is 0.352 e. The number of rotatable bonds is 6. The van der Waals surface area contributed by atoms with Crippen molar-refractivity contribution in [1.82, 2.24) is 10.6 Å². The van der Waals surface area contributed by atoms with E-state index >= 15 is 0 Å². The molecule has 0 radical (unpaired) electrons. The molecule has 0 aromatic heterocycles. The van der Waals surface area contributed by atoms with Gasteiger partial charge >= 0.3 is 0 Å². The molecule has 0 saturated carbocycles. The fraction of sp³-hybridized carbons (Fsp3) is 0.588. The lowest BCUT2D eigenvalue weighted by molar-refractivity contribution is 0.0950. The van der Waals surface area contributed by atoms with Gasteiger partial charge in [0.15, 0.2) is 0 Å². The van der Waals surface area contributed by atoms with Gasteiger partial charge in [0.05, 0.1) is 0 Å². The average molecular weight is 306 g/mol. The zero-order valence-electron chi connectivity index (χ0n) is 13.0. The Morgan fingerprint density at radius 3 is 2.76 bits per heavy atom. The monoisotopic (exact) mass is 306 g/mol. The van der Waals surface area contributed by atoms with Gasteiger partial charge in [-0.2, -0.15) is 0 Å². The van der Waals surface area contributed by atoms with Gasteiger partial charge in [0.1, 0.15) is 0 Å². The maximum Gasteiger partial charge on any atom is 0.251 e. The van der Waals surface area contributed by atoms with Gasteiger partial charge in [0.2, 0.25) is 0 Å². The number of thioether (sulfide) groups is 1. The number of nitrogens with one attached hydrogen (secondary N) is 2. The Kier molecular flexibility index (Phi) is 6.58. The standard InChI is InChI=1S/C17H26N2OS/c1-13(2)21-16-7-5-15(6-8-16)17(20)19-11-9-14-4-3-10-18-12-14/h5-8,13-14,18H,3-4,9-12H2,1-2H3,(H,19,20). The van der Waals surface area contributed by atoms with Crippen LogP contribution in [0.3, 0.4) is 0 Å². The number of hydrogen-bond acceptors (Lipinski definition) is 3. The Labute approximate surface area is 132 Å². The zero-order valence-corrected chi connectivity index (χ0v) is 13.8. The molecule has 0 aliphatic carbocycles. The van der Waals surface area contributed by atoms with Gasteiger partial charge in [-0.05, 0) is 62.5 Å². The van der Waals surface area contributed by atoms with Crippen molar-refractivity contribution in [2.75, 3.05) is 19.6 Å². The van der Waals surface area contributed by atoms with Crippen molar-refractivity contribution in [3.8, 4) is 0 Å². The predicted molar refractivity (Wildman–Crippen MR) is 90.0 cm³/mol. The lowest BCUT2D eigenvalue weighted by Gasteiger charge is -2.22. The van der Waals surface area contributed by atoms with Gasteiger partial charge in [-0.15, -0.1) is 11.8 Å². The summed E-state index contributed by atoms with van der Waals surface area (Å²) in [5.74, 6) is 0.753. The van der Waals surface area contributed by atoms with E-state index in [0.29, 0.717) is 11.2 Å². The molecule has 1 aliphatic rings. The summed E-state index contributed by atoms with van der Waals surface area (Å²) < 4.78 is 0. The molecule has 1 fully saturated rings. The number of hydrogen-bond donors (Lipinski definition) is 2. The third-order valence-electron chi connectivity index (χ3n) is 3.73. The van der Waals surface area contributed by atoms with Crippen molar-refractivity contribution in [1.29, 1.82) is 0 Å². The fourth-order valence-corrected chi connectivity index (χ4v) is 3.46. The SMILES string of the molecule is CC(C)Sc1ccc(C(=O)NCCC2CCCNC2)cc1. The van der Waals surface area contributed by atoms with Crippen molar-refractivity contribution in [2.45, 2.75) is 43.3 Å². The number of amides is 1. The van der Waals surface area contributed by atoms with Gasteiger partial charge in [-0.1, -0.05) is 13.8 Å². The van der Waals surface area contributed by atoms with E-state index in [9.17, 15) is 4.79 Å². The molecule has 1 aromatic carbocycles. The van der Waals surface area contributed by atoms with Crippen LogP contribution in [-0.4, -0.2) is 30.8 Å². The first-order chi connectivity index (χ1) is 10.1. The van der Waals surface area contributed by atoms with Crippen LogP contribution in [0.2, 0.25) is 0 Å². The zero-order chi connectivity index (χ0) is 15.1. The fourth-order valence-electron chi connectivity index (χ4n) is 2.62. The van der Waals surface area contributed by atoms with E-state index in [4.69, 9.17) is 0 Å². The molecule has 116 valence electrons. The van der Waals surface area contributed by atoms with E-state index in [1.54, 1.807) is 0 Å². The summed E-state index contributed by atoms with van der Waals surface area (Å²) in [6.45, 7) is 7.35. The number of benzene rings is 1. The van der Waals surface area contributed by atoms with Crippen LogP contribution in [0.15, 0.2) is 29.2 Å². The summed E-state index contributed by atoms with van der Waals surface area (Å²) in [6.07, 6.45) is 3.61. The Hall–Kier alpha value is -1.00. The van der Waals surface area contributed by atoms with Crippen LogP contribution < -0.4 is 10.6 Å². The van der Waals surface area contributed by atoms with Crippen molar-refractivity contribution >= 4 is 17.7 Å². The van der Waals surface area contributed by atoms with Crippen LogP contribution in [0.1, 0.15) is 43.5 Å². The Bertz CT molecular complexity index is 439. The molecule has 1 aliphatic heterocycles. The molecule has 21 heavy (non-hydrogen) atoms. The van der Waals surface area contributed by atoms with Crippen LogP contribution in [-0.2, 0) is 0 Å². The highest BCUT2D eigenvalue weighted by atomic mass is 32.2. The van der Waals surface area contributed by atoms with E-state index in [0.717, 1.165) is 31.6 Å². The Morgan fingerprint density at radius 2 is 2.14 bits per heavy atom. The van der Waals surface area contributed by atoms with E-state index in [1.165, 1.54) is 17.7 Å². The first-order valence-corrected chi connectivity index (χ1v) is 8.79. The van der Waals surface area contributed by atoms with Crippen LogP contribution in [0.5, 0.6) is 0 Å². The van der Waals surface area contributed by atoms with E-state index in [-0.39, 0.29) is 5.91 Å². The second kappa shape index (κ2) is 8.44. The van der Waals surface area contributed by atoms with Gasteiger partial charge in [0, 0.05) is 22.3 Å². The van der Waals surface area contributed by atoms with Crippen molar-refractivity contribution in [2.24, 2.45) is 5.92 Å². The van der Waals surface area contributed by atoms with Crippen molar-refractivity contribution in [3.05, 3.63) is 29.8 Å². The molecular weight excluding hydrogens is 280 g/mol. The maximum absolute atomic E-state index is 12.1. The molecule has 2 rings (SSSR count). The molecule has 3 nitrogen and oxygen atoms in total. The topological polar surface area (TPSA) is 41.1 Å². The van der Waals surface area contributed by atoms with Gasteiger partial charge in [-0.25, -0.2) is 0 Å². The highest BCUT2D eigenvalue weighted by molar-refractivity contribution is 7.99. The van der Waals surface area contributed by atoms with Crippen LogP contribution >= 0.6 is 11.8 Å². The van der Waals surface area contributed by atoms with E-state index in [1.807, 2.05) is 36.0 Å². The van der Waals surface area contributed by atoms with Gasteiger partial charge < -0.3 is 10.6 Å². The number of piperidine rings is 1. The Balaban J connectivity index is 1.74. The second-order valence-corrected chi connectivity index (χ2v) is 7.60. The first kappa shape index (κ1) is 16.4. The predicted octanol–water partition coefficient (Wildman–Crippen LogP) is 3.31. The highest BCUT2D eigenvalue weighted by Crippen LogP contribution is 2.22. The van der Waals surface area contributed by atoms with Crippen LogP contribution in [0.25, 0.3) is 0 Å². The average Bonchev–Trinajstić information content (AvgIpc) is 2.48. The summed E-state index contributed by atoms with van der Waals surface area (Å²) in [7, 11) is 0. The summed E-state index contributed by atoms with van der Waals surface area (Å²) >= 11 is 1.82. The van der Waals surface area contributed by atoms with E-state index < -0.39 is 0 Å². The minimum Gasteiger partial charge on any atom is -0.352 e. The normalized spacial score (nSPS) is 18.7. The molecule has 1 unspecified atom stereocenters. The molecule has 2 N–H and O–H groups in total. The molecule has 1 heterocycles. The minimum atomic E-state index is 0.0415. The molecule has 0 spiro atoms. The maximum atomic E-state index is 12.1. The van der Waals surface area contributed by atoms with Crippen LogP contribution in [0.4, 0.5) is 0 Å².